The second-order valence-corrected chi connectivity index (χ2v) is 6.50. The molecule has 0 spiro atoms. The summed E-state index contributed by atoms with van der Waals surface area (Å²) in [5, 5.41) is 0.902. The molecule has 4 rings (SSSR count). The van der Waals surface area contributed by atoms with Gasteiger partial charge in [-0.15, -0.1) is 0 Å². The lowest BCUT2D eigenvalue weighted by Crippen LogP contribution is -2.30. The van der Waals surface area contributed by atoms with Crippen molar-refractivity contribution in [3.8, 4) is 11.3 Å². The van der Waals surface area contributed by atoms with E-state index in [0.29, 0.717) is 17.2 Å². The van der Waals surface area contributed by atoms with Crippen molar-refractivity contribution in [1.29, 1.82) is 0 Å². The summed E-state index contributed by atoms with van der Waals surface area (Å²) < 4.78 is 14.4. The molecular weight excluding hydrogens is 301 g/mol. The molecular formula is C20H20FN3. The molecule has 1 fully saturated rings. The Morgan fingerprint density at radius 3 is 2.46 bits per heavy atom. The van der Waals surface area contributed by atoms with Crippen LogP contribution in [-0.2, 0) is 0 Å². The zero-order valence-electron chi connectivity index (χ0n) is 13.7. The normalized spacial score (nSPS) is 16.6. The van der Waals surface area contributed by atoms with E-state index in [4.69, 9.17) is 9.97 Å². The van der Waals surface area contributed by atoms with Crippen molar-refractivity contribution in [2.75, 3.05) is 20.1 Å². The fraction of sp³-hybridized carbons (Fsp3) is 0.300. The van der Waals surface area contributed by atoms with Crippen LogP contribution in [0.2, 0.25) is 0 Å². The van der Waals surface area contributed by atoms with Gasteiger partial charge in [-0.25, -0.2) is 14.4 Å². The lowest BCUT2D eigenvalue weighted by Gasteiger charge is -2.28. The van der Waals surface area contributed by atoms with Gasteiger partial charge in [-0.05, 0) is 51.2 Å². The van der Waals surface area contributed by atoms with E-state index >= 15 is 0 Å². The van der Waals surface area contributed by atoms with Crippen LogP contribution < -0.4 is 0 Å². The highest BCUT2D eigenvalue weighted by atomic mass is 19.1. The SMILES string of the molecule is CN1CCC(c2nc(-c3ccccc3F)c3ccccc3n2)CC1. The van der Waals surface area contributed by atoms with Gasteiger partial charge in [-0.1, -0.05) is 30.3 Å². The minimum absolute atomic E-state index is 0.240. The van der Waals surface area contributed by atoms with E-state index in [0.717, 1.165) is 42.7 Å². The van der Waals surface area contributed by atoms with Gasteiger partial charge in [0, 0.05) is 16.9 Å². The third-order valence-corrected chi connectivity index (χ3v) is 4.83. The number of benzene rings is 2. The molecule has 1 aromatic heterocycles. The highest BCUT2D eigenvalue weighted by Crippen LogP contribution is 2.32. The quantitative estimate of drug-likeness (QED) is 0.707. The second-order valence-electron chi connectivity index (χ2n) is 6.50. The molecule has 0 unspecified atom stereocenters. The number of hydrogen-bond donors (Lipinski definition) is 0. The molecule has 4 heteroatoms. The van der Waals surface area contributed by atoms with Gasteiger partial charge in [-0.3, -0.25) is 0 Å². The monoisotopic (exact) mass is 321 g/mol. The number of piperidine rings is 1. The third-order valence-electron chi connectivity index (χ3n) is 4.83. The second kappa shape index (κ2) is 6.29. The highest BCUT2D eigenvalue weighted by Gasteiger charge is 2.23. The fourth-order valence-corrected chi connectivity index (χ4v) is 3.40. The van der Waals surface area contributed by atoms with Gasteiger partial charge < -0.3 is 4.90 Å². The molecule has 0 atom stereocenters. The summed E-state index contributed by atoms with van der Waals surface area (Å²) in [6.07, 6.45) is 2.09. The Labute approximate surface area is 141 Å². The van der Waals surface area contributed by atoms with Crippen LogP contribution in [-0.4, -0.2) is 35.0 Å². The first-order chi connectivity index (χ1) is 11.7. The Morgan fingerprint density at radius 1 is 0.958 bits per heavy atom. The number of halogens is 1. The predicted octanol–water partition coefficient (Wildman–Crippen LogP) is 4.25. The van der Waals surface area contributed by atoms with Crippen molar-refractivity contribution >= 4 is 10.9 Å². The van der Waals surface area contributed by atoms with E-state index in [9.17, 15) is 4.39 Å². The first-order valence-corrected chi connectivity index (χ1v) is 8.42. The Hall–Kier alpha value is -2.33. The van der Waals surface area contributed by atoms with Crippen LogP contribution in [0.15, 0.2) is 48.5 Å². The minimum Gasteiger partial charge on any atom is -0.306 e. The summed E-state index contributed by atoms with van der Waals surface area (Å²) in [6, 6.07) is 14.7. The van der Waals surface area contributed by atoms with E-state index in [1.54, 1.807) is 12.1 Å². The van der Waals surface area contributed by atoms with Crippen LogP contribution in [0.4, 0.5) is 4.39 Å². The molecule has 3 aromatic rings. The van der Waals surface area contributed by atoms with Crippen LogP contribution in [0.25, 0.3) is 22.2 Å². The molecule has 24 heavy (non-hydrogen) atoms. The summed E-state index contributed by atoms with van der Waals surface area (Å²) in [6.45, 7) is 2.10. The molecule has 0 bridgehead atoms. The summed E-state index contributed by atoms with van der Waals surface area (Å²) in [5.74, 6) is 0.951. The number of hydrogen-bond acceptors (Lipinski definition) is 3. The van der Waals surface area contributed by atoms with Crippen molar-refractivity contribution in [1.82, 2.24) is 14.9 Å². The summed E-state index contributed by atoms with van der Waals surface area (Å²) in [4.78, 5) is 11.9. The molecule has 0 radical (unpaired) electrons. The molecule has 0 saturated carbocycles. The topological polar surface area (TPSA) is 29.0 Å². The van der Waals surface area contributed by atoms with Gasteiger partial charge in [0.15, 0.2) is 0 Å². The maximum absolute atomic E-state index is 14.4. The van der Waals surface area contributed by atoms with Crippen molar-refractivity contribution in [2.24, 2.45) is 0 Å². The largest absolute Gasteiger partial charge is 0.306 e. The van der Waals surface area contributed by atoms with Gasteiger partial charge >= 0.3 is 0 Å². The standard InChI is InChI=1S/C20H20FN3/c1-24-12-10-14(11-13-24)20-22-18-9-5-3-7-16(18)19(23-20)15-6-2-4-8-17(15)21/h2-9,14H,10-13H2,1H3. The lowest BCUT2D eigenvalue weighted by molar-refractivity contribution is 0.251. The Kier molecular flexibility index (Phi) is 3.98. The summed E-state index contributed by atoms with van der Waals surface area (Å²) in [7, 11) is 2.14. The molecule has 3 nitrogen and oxygen atoms in total. The smallest absolute Gasteiger partial charge is 0.132 e. The van der Waals surface area contributed by atoms with Crippen LogP contribution in [0.3, 0.4) is 0 Å². The van der Waals surface area contributed by atoms with Crippen molar-refractivity contribution in [2.45, 2.75) is 18.8 Å². The first-order valence-electron chi connectivity index (χ1n) is 8.42. The maximum Gasteiger partial charge on any atom is 0.132 e. The molecule has 0 aliphatic carbocycles. The molecule has 2 aromatic carbocycles. The van der Waals surface area contributed by atoms with Gasteiger partial charge in [-0.2, -0.15) is 0 Å². The number of aromatic nitrogens is 2. The third kappa shape index (κ3) is 2.78. The Morgan fingerprint density at radius 2 is 1.67 bits per heavy atom. The summed E-state index contributed by atoms with van der Waals surface area (Å²) in [5.41, 5.74) is 2.14. The van der Waals surface area contributed by atoms with Crippen LogP contribution >= 0.6 is 0 Å². The molecule has 1 saturated heterocycles. The molecule has 0 amide bonds. The van der Waals surface area contributed by atoms with E-state index in [2.05, 4.69) is 11.9 Å². The molecule has 1 aliphatic rings. The molecule has 2 heterocycles. The molecule has 122 valence electrons. The number of fused-ring (bicyclic) bond motifs is 1. The van der Waals surface area contributed by atoms with Gasteiger partial charge in [0.2, 0.25) is 0 Å². The average Bonchev–Trinajstić information content (AvgIpc) is 2.62. The van der Waals surface area contributed by atoms with Gasteiger partial charge in [0.1, 0.15) is 11.6 Å². The Bertz CT molecular complexity index is 870. The van der Waals surface area contributed by atoms with E-state index in [1.165, 1.54) is 6.07 Å². The zero-order valence-corrected chi connectivity index (χ0v) is 13.7. The lowest BCUT2D eigenvalue weighted by atomic mass is 9.95. The van der Waals surface area contributed by atoms with Crippen LogP contribution in [0.5, 0.6) is 0 Å². The summed E-state index contributed by atoms with van der Waals surface area (Å²) >= 11 is 0. The van der Waals surface area contributed by atoms with Crippen molar-refractivity contribution in [3.05, 3.63) is 60.2 Å². The number of nitrogens with zero attached hydrogens (tertiary/aromatic N) is 3. The molecule has 0 N–H and O–H groups in total. The van der Waals surface area contributed by atoms with E-state index < -0.39 is 0 Å². The Balaban J connectivity index is 1.87. The van der Waals surface area contributed by atoms with Crippen LogP contribution in [0, 0.1) is 5.82 Å². The number of para-hydroxylation sites is 1. The first kappa shape index (κ1) is 15.2. The minimum atomic E-state index is -0.240. The maximum atomic E-state index is 14.4. The van der Waals surface area contributed by atoms with Crippen molar-refractivity contribution < 1.29 is 4.39 Å². The van der Waals surface area contributed by atoms with Gasteiger partial charge in [0.25, 0.3) is 0 Å². The van der Waals surface area contributed by atoms with E-state index in [1.807, 2.05) is 30.3 Å². The van der Waals surface area contributed by atoms with Gasteiger partial charge in [0.05, 0.1) is 11.2 Å². The van der Waals surface area contributed by atoms with Crippen LogP contribution in [0.1, 0.15) is 24.6 Å². The average molecular weight is 321 g/mol. The number of rotatable bonds is 2. The van der Waals surface area contributed by atoms with E-state index in [-0.39, 0.29) is 5.82 Å². The zero-order chi connectivity index (χ0) is 16.5. The number of likely N-dealkylation sites (tertiary alicyclic amines) is 1. The van der Waals surface area contributed by atoms with Crippen molar-refractivity contribution in [3.63, 3.8) is 0 Å². The fourth-order valence-electron chi connectivity index (χ4n) is 3.40. The molecule has 1 aliphatic heterocycles. The predicted molar refractivity (Wildman–Crippen MR) is 94.4 cm³/mol. The highest BCUT2D eigenvalue weighted by molar-refractivity contribution is 5.92.